The van der Waals surface area contributed by atoms with Crippen LogP contribution < -0.4 is 10.1 Å². The molecule has 1 N–H and O–H groups in total. The molecule has 0 fully saturated rings. The average molecular weight is 402 g/mol. The second-order valence-electron chi connectivity index (χ2n) is 6.11. The highest BCUT2D eigenvalue weighted by Gasteiger charge is 2.12. The lowest BCUT2D eigenvalue weighted by molar-refractivity contribution is 0.102. The van der Waals surface area contributed by atoms with Crippen molar-refractivity contribution in [3.8, 4) is 28.4 Å². The minimum Gasteiger partial charge on any atom is -0.494 e. The van der Waals surface area contributed by atoms with E-state index in [1.165, 1.54) is 23.7 Å². The Morgan fingerprint density at radius 3 is 2.41 bits per heavy atom. The van der Waals surface area contributed by atoms with E-state index in [0.717, 1.165) is 22.6 Å². The minimum absolute atomic E-state index is 0.294. The third-order valence-electron chi connectivity index (χ3n) is 4.13. The summed E-state index contributed by atoms with van der Waals surface area (Å²) >= 11 is 1.37. The molecule has 0 bridgehead atoms. The van der Waals surface area contributed by atoms with Gasteiger partial charge in [0.2, 0.25) is 0 Å². The number of carbonyl (C=O) groups is 1. The summed E-state index contributed by atoms with van der Waals surface area (Å²) in [4.78, 5) is 25.5. The Morgan fingerprint density at radius 1 is 1.00 bits per heavy atom. The van der Waals surface area contributed by atoms with E-state index >= 15 is 0 Å². The molecule has 29 heavy (non-hydrogen) atoms. The highest BCUT2D eigenvalue weighted by molar-refractivity contribution is 7.14. The quantitative estimate of drug-likeness (QED) is 0.495. The van der Waals surface area contributed by atoms with Gasteiger partial charge in [0.15, 0.2) is 11.0 Å². The van der Waals surface area contributed by atoms with Crippen molar-refractivity contribution >= 4 is 22.4 Å². The van der Waals surface area contributed by atoms with Crippen molar-refractivity contribution in [2.45, 2.75) is 6.92 Å². The Balaban J connectivity index is 1.44. The lowest BCUT2D eigenvalue weighted by Gasteiger charge is -2.04. The number of thiazole rings is 1. The van der Waals surface area contributed by atoms with Crippen LogP contribution in [0, 0.1) is 0 Å². The topological polar surface area (TPSA) is 77.0 Å². The first-order valence-electron chi connectivity index (χ1n) is 9.10. The zero-order valence-corrected chi connectivity index (χ0v) is 16.5. The largest absolute Gasteiger partial charge is 0.494 e. The van der Waals surface area contributed by atoms with Crippen LogP contribution in [0.4, 0.5) is 5.13 Å². The maximum absolute atomic E-state index is 12.5. The number of rotatable bonds is 6. The molecule has 4 aromatic rings. The summed E-state index contributed by atoms with van der Waals surface area (Å²) in [6, 6.07) is 17.3. The number of hydrogen-bond donors (Lipinski definition) is 1. The van der Waals surface area contributed by atoms with E-state index in [1.54, 1.807) is 0 Å². The summed E-state index contributed by atoms with van der Waals surface area (Å²) < 4.78 is 5.45. The van der Waals surface area contributed by atoms with Gasteiger partial charge in [-0.25, -0.2) is 15.0 Å². The fraction of sp³-hybridized carbons (Fsp3) is 0.0909. The van der Waals surface area contributed by atoms with Crippen molar-refractivity contribution in [1.82, 2.24) is 15.0 Å². The van der Waals surface area contributed by atoms with Crippen molar-refractivity contribution in [1.29, 1.82) is 0 Å². The summed E-state index contributed by atoms with van der Waals surface area (Å²) in [5.74, 6) is 1.10. The Labute approximate surface area is 172 Å². The highest BCUT2D eigenvalue weighted by atomic mass is 32.1. The molecule has 144 valence electrons. The number of nitrogens with zero attached hydrogens (tertiary/aromatic N) is 3. The number of nitrogens with one attached hydrogen (secondary N) is 1. The van der Waals surface area contributed by atoms with Crippen LogP contribution in [0.25, 0.3) is 22.6 Å². The predicted molar refractivity (Wildman–Crippen MR) is 114 cm³/mol. The van der Waals surface area contributed by atoms with Gasteiger partial charge in [-0.15, -0.1) is 11.3 Å². The molecule has 0 saturated carbocycles. The molecule has 0 unspecified atom stereocenters. The summed E-state index contributed by atoms with van der Waals surface area (Å²) in [5.41, 5.74) is 3.03. The molecule has 0 aliphatic carbocycles. The zero-order chi connectivity index (χ0) is 20.1. The average Bonchev–Trinajstić information content (AvgIpc) is 3.24. The molecule has 0 radical (unpaired) electrons. The lowest BCUT2D eigenvalue weighted by atomic mass is 10.2. The second-order valence-corrected chi connectivity index (χ2v) is 6.97. The number of anilines is 1. The molecular formula is C22H18N4O2S. The van der Waals surface area contributed by atoms with Gasteiger partial charge in [-0.3, -0.25) is 10.1 Å². The fourth-order valence-corrected chi connectivity index (χ4v) is 3.42. The van der Waals surface area contributed by atoms with Crippen LogP contribution in [0.1, 0.15) is 17.3 Å². The monoisotopic (exact) mass is 402 g/mol. The van der Waals surface area contributed by atoms with E-state index in [1.807, 2.05) is 66.9 Å². The smallest absolute Gasteiger partial charge is 0.260 e. The molecule has 2 heterocycles. The number of amides is 1. The van der Waals surface area contributed by atoms with Gasteiger partial charge >= 0.3 is 0 Å². The van der Waals surface area contributed by atoms with Gasteiger partial charge < -0.3 is 4.74 Å². The molecule has 0 atom stereocenters. The highest BCUT2D eigenvalue weighted by Crippen LogP contribution is 2.27. The third kappa shape index (κ3) is 4.47. The van der Waals surface area contributed by atoms with Crippen molar-refractivity contribution < 1.29 is 9.53 Å². The van der Waals surface area contributed by atoms with Gasteiger partial charge in [-0.2, -0.15) is 0 Å². The molecule has 0 aliphatic rings. The van der Waals surface area contributed by atoms with Crippen LogP contribution in [0.15, 0.2) is 72.4 Å². The molecule has 0 aliphatic heterocycles. The van der Waals surface area contributed by atoms with Crippen molar-refractivity contribution in [2.75, 3.05) is 11.9 Å². The fourth-order valence-electron chi connectivity index (χ4n) is 2.70. The van der Waals surface area contributed by atoms with Gasteiger partial charge in [-0.05, 0) is 31.2 Å². The molecule has 1 amide bonds. The first-order valence-corrected chi connectivity index (χ1v) is 9.98. The van der Waals surface area contributed by atoms with Crippen molar-refractivity contribution in [3.63, 3.8) is 0 Å². The van der Waals surface area contributed by atoms with E-state index in [4.69, 9.17) is 4.74 Å². The van der Waals surface area contributed by atoms with Crippen LogP contribution in [0.5, 0.6) is 5.75 Å². The van der Waals surface area contributed by atoms with E-state index < -0.39 is 0 Å². The zero-order valence-electron chi connectivity index (χ0n) is 15.7. The maximum atomic E-state index is 12.5. The minimum atomic E-state index is -0.294. The van der Waals surface area contributed by atoms with E-state index in [2.05, 4.69) is 20.3 Å². The van der Waals surface area contributed by atoms with Gasteiger partial charge in [-0.1, -0.05) is 30.3 Å². The molecule has 0 saturated heterocycles. The van der Waals surface area contributed by atoms with E-state index in [9.17, 15) is 4.79 Å². The van der Waals surface area contributed by atoms with Crippen LogP contribution >= 0.6 is 11.3 Å². The Hall–Kier alpha value is -3.58. The van der Waals surface area contributed by atoms with Crippen molar-refractivity contribution in [3.05, 3.63) is 77.9 Å². The van der Waals surface area contributed by atoms with Crippen LogP contribution in [0.2, 0.25) is 0 Å². The molecule has 0 spiro atoms. The lowest BCUT2D eigenvalue weighted by Crippen LogP contribution is -2.12. The Bertz CT molecular complexity index is 1090. The molecule has 4 rings (SSSR count). The van der Waals surface area contributed by atoms with E-state index in [-0.39, 0.29) is 5.91 Å². The Kier molecular flexibility index (Phi) is 5.58. The van der Waals surface area contributed by atoms with Gasteiger partial charge in [0.05, 0.1) is 17.9 Å². The molecule has 2 aromatic heterocycles. The van der Waals surface area contributed by atoms with Gasteiger partial charge in [0.25, 0.3) is 5.91 Å². The van der Waals surface area contributed by atoms with Crippen LogP contribution in [-0.2, 0) is 0 Å². The summed E-state index contributed by atoms with van der Waals surface area (Å²) in [5, 5.41) is 5.23. The van der Waals surface area contributed by atoms with E-state index in [0.29, 0.717) is 23.1 Å². The number of aromatic nitrogens is 3. The first kappa shape index (κ1) is 18.8. The van der Waals surface area contributed by atoms with Gasteiger partial charge in [0, 0.05) is 28.9 Å². The molecule has 7 heteroatoms. The van der Waals surface area contributed by atoms with Crippen LogP contribution in [0.3, 0.4) is 0 Å². The summed E-state index contributed by atoms with van der Waals surface area (Å²) in [6.07, 6.45) is 3.04. The molecule has 2 aromatic carbocycles. The van der Waals surface area contributed by atoms with Gasteiger partial charge in [0.1, 0.15) is 5.75 Å². The van der Waals surface area contributed by atoms with Crippen LogP contribution in [-0.4, -0.2) is 27.5 Å². The number of ether oxygens (including phenoxy) is 1. The molecular weight excluding hydrogens is 384 g/mol. The summed E-state index contributed by atoms with van der Waals surface area (Å²) in [7, 11) is 0. The maximum Gasteiger partial charge on any atom is 0.260 e. The number of benzene rings is 2. The number of hydrogen-bond acceptors (Lipinski definition) is 6. The first-order chi connectivity index (χ1) is 14.2. The normalized spacial score (nSPS) is 10.5. The number of carbonyl (C=O) groups excluding carboxylic acids is 1. The SMILES string of the molecule is CCOc1ccc(-c2csc(NC(=O)c3cnc(-c4ccccc4)nc3)n2)cc1. The standard InChI is InChI=1S/C22H18N4O2S/c1-2-28-18-10-8-15(9-11-18)19-14-29-22(25-19)26-21(27)17-12-23-20(24-13-17)16-6-4-3-5-7-16/h3-14H,2H2,1H3,(H,25,26,27). The summed E-state index contributed by atoms with van der Waals surface area (Å²) in [6.45, 7) is 2.58. The Morgan fingerprint density at radius 2 is 1.72 bits per heavy atom. The van der Waals surface area contributed by atoms with Crippen molar-refractivity contribution in [2.24, 2.45) is 0 Å². The third-order valence-corrected chi connectivity index (χ3v) is 4.89. The second kappa shape index (κ2) is 8.62. The predicted octanol–water partition coefficient (Wildman–Crippen LogP) is 4.92. The molecule has 6 nitrogen and oxygen atoms in total.